The number of benzene rings is 2. The number of carboxylic acids is 1. The molecule has 1 aliphatic rings. The van der Waals surface area contributed by atoms with Crippen LogP contribution in [0.2, 0.25) is 0 Å². The number of hydrogen-bond donors (Lipinski definition) is 2. The van der Waals surface area contributed by atoms with Gasteiger partial charge in [0.1, 0.15) is 5.75 Å². The molecular formula is C22H21NO4. The Kier molecular flexibility index (Phi) is 5.41. The summed E-state index contributed by atoms with van der Waals surface area (Å²) in [7, 11) is 0. The van der Waals surface area contributed by atoms with Crippen molar-refractivity contribution in [3.05, 3.63) is 70.8 Å². The Morgan fingerprint density at radius 1 is 1.07 bits per heavy atom. The minimum atomic E-state index is -1.05. The molecule has 0 aromatic heterocycles. The van der Waals surface area contributed by atoms with Crippen LogP contribution in [0.15, 0.2) is 54.1 Å². The largest absolute Gasteiger partial charge is 0.481 e. The lowest BCUT2D eigenvalue weighted by atomic mass is 9.98. The highest BCUT2D eigenvalue weighted by Gasteiger charge is 2.29. The van der Waals surface area contributed by atoms with Gasteiger partial charge in [0, 0.05) is 5.56 Å². The monoisotopic (exact) mass is 363 g/mol. The normalized spacial score (nSPS) is 14.3. The number of rotatable bonds is 7. The number of carbonyl (C=O) groups is 2. The lowest BCUT2D eigenvalue weighted by molar-refractivity contribution is -0.139. The van der Waals surface area contributed by atoms with Crippen molar-refractivity contribution in [1.29, 1.82) is 0 Å². The van der Waals surface area contributed by atoms with E-state index in [9.17, 15) is 9.59 Å². The van der Waals surface area contributed by atoms with Gasteiger partial charge < -0.3 is 15.6 Å². The molecule has 0 heterocycles. The highest BCUT2D eigenvalue weighted by atomic mass is 16.5. The van der Waals surface area contributed by atoms with Crippen molar-refractivity contribution < 1.29 is 19.4 Å². The topological polar surface area (TPSA) is 89.6 Å². The average molecular weight is 363 g/mol. The van der Waals surface area contributed by atoms with Gasteiger partial charge in [-0.15, -0.1) is 0 Å². The lowest BCUT2D eigenvalue weighted by Crippen LogP contribution is -2.13. The Morgan fingerprint density at radius 3 is 2.44 bits per heavy atom. The first-order chi connectivity index (χ1) is 13.0. The van der Waals surface area contributed by atoms with Gasteiger partial charge in [0.15, 0.2) is 6.61 Å². The highest BCUT2D eigenvalue weighted by Crippen LogP contribution is 2.48. The zero-order valence-electron chi connectivity index (χ0n) is 15.1. The third-order valence-electron chi connectivity index (χ3n) is 4.47. The number of hydrogen-bond acceptors (Lipinski definition) is 3. The average Bonchev–Trinajstić information content (AvgIpc) is 2.93. The number of ether oxygens (including phenoxy) is 1. The molecule has 0 aliphatic heterocycles. The molecule has 0 spiro atoms. The maximum absolute atomic E-state index is 11.7. The van der Waals surface area contributed by atoms with Crippen LogP contribution in [0, 0.1) is 0 Å². The number of primary amides is 1. The van der Waals surface area contributed by atoms with E-state index in [1.165, 1.54) is 0 Å². The van der Waals surface area contributed by atoms with Crippen molar-refractivity contribution in [2.24, 2.45) is 5.73 Å². The molecule has 0 bridgehead atoms. The van der Waals surface area contributed by atoms with Crippen LogP contribution in [0.3, 0.4) is 0 Å². The third-order valence-corrected chi connectivity index (χ3v) is 4.47. The smallest absolute Gasteiger partial charge is 0.341 e. The second-order valence-electron chi connectivity index (χ2n) is 6.28. The summed E-state index contributed by atoms with van der Waals surface area (Å²) in [5.41, 5.74) is 11.1. The number of allylic oxidation sites excluding steroid dienone is 2. The SMILES string of the molecule is CCC1=C(CC(N)=O)c2c(OCC(=O)O)cccc2/C1=C/c1ccccc1. The zero-order chi connectivity index (χ0) is 19.4. The fourth-order valence-corrected chi connectivity index (χ4v) is 3.46. The first kappa shape index (κ1) is 18.5. The molecule has 1 aliphatic carbocycles. The summed E-state index contributed by atoms with van der Waals surface area (Å²) in [6.07, 6.45) is 2.87. The predicted octanol–water partition coefficient (Wildman–Crippen LogP) is 3.74. The van der Waals surface area contributed by atoms with E-state index >= 15 is 0 Å². The summed E-state index contributed by atoms with van der Waals surface area (Å²) in [6, 6.07) is 15.4. The van der Waals surface area contributed by atoms with Crippen LogP contribution in [0.4, 0.5) is 0 Å². The maximum Gasteiger partial charge on any atom is 0.341 e. The Balaban J connectivity index is 2.19. The number of nitrogens with two attached hydrogens (primary N) is 1. The van der Waals surface area contributed by atoms with Crippen LogP contribution < -0.4 is 10.5 Å². The van der Waals surface area contributed by atoms with E-state index in [0.717, 1.165) is 33.4 Å². The molecule has 3 rings (SSSR count). The summed E-state index contributed by atoms with van der Waals surface area (Å²) >= 11 is 0. The molecule has 0 radical (unpaired) electrons. The van der Waals surface area contributed by atoms with E-state index in [2.05, 4.69) is 6.08 Å². The molecule has 2 aromatic rings. The fraction of sp³-hybridized carbons (Fsp3) is 0.182. The summed E-state index contributed by atoms with van der Waals surface area (Å²) < 4.78 is 5.50. The number of amides is 1. The number of fused-ring (bicyclic) bond motifs is 1. The predicted molar refractivity (Wildman–Crippen MR) is 105 cm³/mol. The van der Waals surface area contributed by atoms with Gasteiger partial charge in [-0.3, -0.25) is 4.79 Å². The van der Waals surface area contributed by atoms with Gasteiger partial charge in [-0.05, 0) is 46.4 Å². The van der Waals surface area contributed by atoms with E-state index < -0.39 is 18.5 Å². The minimum Gasteiger partial charge on any atom is -0.481 e. The second kappa shape index (κ2) is 7.91. The van der Waals surface area contributed by atoms with Crippen molar-refractivity contribution in [3.63, 3.8) is 0 Å². The summed E-state index contributed by atoms with van der Waals surface area (Å²) in [4.78, 5) is 22.6. The van der Waals surface area contributed by atoms with Gasteiger partial charge in [0.05, 0.1) is 6.42 Å². The second-order valence-corrected chi connectivity index (χ2v) is 6.28. The Hall–Kier alpha value is -3.34. The molecule has 0 atom stereocenters. The van der Waals surface area contributed by atoms with Gasteiger partial charge in [-0.25, -0.2) is 4.79 Å². The molecule has 5 heteroatoms. The van der Waals surface area contributed by atoms with E-state index in [1.54, 1.807) is 6.07 Å². The molecular weight excluding hydrogens is 342 g/mol. The van der Waals surface area contributed by atoms with Gasteiger partial charge in [0.25, 0.3) is 0 Å². The highest BCUT2D eigenvalue weighted by molar-refractivity contribution is 6.09. The van der Waals surface area contributed by atoms with Crippen LogP contribution in [-0.2, 0) is 9.59 Å². The molecule has 0 unspecified atom stereocenters. The molecule has 0 fully saturated rings. The molecule has 1 amide bonds. The summed E-state index contributed by atoms with van der Waals surface area (Å²) in [6.45, 7) is 1.58. The van der Waals surface area contributed by atoms with Crippen molar-refractivity contribution in [2.75, 3.05) is 6.61 Å². The number of carbonyl (C=O) groups excluding carboxylic acids is 1. The number of carboxylic acid groups (broad SMARTS) is 1. The van der Waals surface area contributed by atoms with E-state index in [0.29, 0.717) is 12.2 Å². The van der Waals surface area contributed by atoms with Gasteiger partial charge >= 0.3 is 5.97 Å². The molecule has 27 heavy (non-hydrogen) atoms. The van der Waals surface area contributed by atoms with Crippen LogP contribution >= 0.6 is 0 Å². The maximum atomic E-state index is 11.7. The van der Waals surface area contributed by atoms with Crippen molar-refractivity contribution in [2.45, 2.75) is 19.8 Å². The lowest BCUT2D eigenvalue weighted by Gasteiger charge is -2.12. The van der Waals surface area contributed by atoms with E-state index in [1.807, 2.05) is 49.4 Å². The van der Waals surface area contributed by atoms with Crippen molar-refractivity contribution in [1.82, 2.24) is 0 Å². The van der Waals surface area contributed by atoms with E-state index in [-0.39, 0.29) is 6.42 Å². The Bertz CT molecular complexity index is 942. The molecule has 5 nitrogen and oxygen atoms in total. The van der Waals surface area contributed by atoms with Crippen molar-refractivity contribution >= 4 is 29.1 Å². The Morgan fingerprint density at radius 2 is 1.81 bits per heavy atom. The molecule has 0 saturated heterocycles. The third kappa shape index (κ3) is 3.92. The quantitative estimate of drug-likeness (QED) is 0.784. The molecule has 138 valence electrons. The molecule has 3 N–H and O–H groups in total. The van der Waals surface area contributed by atoms with Crippen molar-refractivity contribution in [3.8, 4) is 5.75 Å². The van der Waals surface area contributed by atoms with Gasteiger partial charge in [0.2, 0.25) is 5.91 Å². The zero-order valence-corrected chi connectivity index (χ0v) is 15.1. The van der Waals surface area contributed by atoms with Crippen LogP contribution in [0.25, 0.3) is 17.2 Å². The van der Waals surface area contributed by atoms with Crippen LogP contribution in [-0.4, -0.2) is 23.6 Å². The van der Waals surface area contributed by atoms with Crippen LogP contribution in [0.5, 0.6) is 5.75 Å². The summed E-state index contributed by atoms with van der Waals surface area (Å²) in [5.74, 6) is -1.04. The van der Waals surface area contributed by atoms with E-state index in [4.69, 9.17) is 15.6 Å². The standard InChI is InChI=1S/C22H21NO4/c1-2-15-17(11-14-7-4-3-5-8-14)16-9-6-10-19(27-13-21(25)26)22(16)18(15)12-20(23)24/h3-11H,2,12-13H2,1H3,(H2,23,24)(H,25,26)/b17-11+. The molecule has 0 saturated carbocycles. The molecule has 2 aromatic carbocycles. The minimum absolute atomic E-state index is 0.0791. The first-order valence-electron chi connectivity index (χ1n) is 8.77. The van der Waals surface area contributed by atoms with Gasteiger partial charge in [-0.2, -0.15) is 0 Å². The summed E-state index contributed by atoms with van der Waals surface area (Å²) in [5, 5.41) is 8.96. The van der Waals surface area contributed by atoms with Gasteiger partial charge in [-0.1, -0.05) is 49.4 Å². The Labute approximate surface area is 157 Å². The fourth-order valence-electron chi connectivity index (χ4n) is 3.46. The number of aliphatic carboxylic acids is 1. The first-order valence-corrected chi connectivity index (χ1v) is 8.77. The van der Waals surface area contributed by atoms with Crippen LogP contribution in [0.1, 0.15) is 36.5 Å².